The maximum absolute atomic E-state index is 12.9. The summed E-state index contributed by atoms with van der Waals surface area (Å²) < 4.78 is 17.2. The molecule has 164 valence electrons. The fourth-order valence-corrected chi connectivity index (χ4v) is 5.37. The second-order valence-corrected chi connectivity index (χ2v) is 9.82. The molecule has 1 amide bonds. The molecule has 2 aliphatic carbocycles. The summed E-state index contributed by atoms with van der Waals surface area (Å²) in [5, 5.41) is 0. The van der Waals surface area contributed by atoms with Crippen LogP contribution in [-0.2, 0) is 16.0 Å². The van der Waals surface area contributed by atoms with Crippen molar-refractivity contribution in [3.63, 3.8) is 0 Å². The van der Waals surface area contributed by atoms with E-state index in [1.54, 1.807) is 0 Å². The highest BCUT2D eigenvalue weighted by molar-refractivity contribution is 5.76. The maximum Gasteiger partial charge on any atom is 0.231 e. The molecule has 6 nitrogen and oxygen atoms in total. The molecular formula is C24H34N2O4. The number of likely N-dealkylation sites (tertiary alicyclic amines) is 1. The Labute approximate surface area is 179 Å². The number of hydrogen-bond donors (Lipinski definition) is 0. The number of likely N-dealkylation sites (N-methyl/N-ethyl adjacent to an activating group) is 1. The highest BCUT2D eigenvalue weighted by Crippen LogP contribution is 2.40. The lowest BCUT2D eigenvalue weighted by atomic mass is 9.77. The minimum Gasteiger partial charge on any atom is -0.454 e. The molecule has 0 spiro atoms. The molecule has 2 heterocycles. The minimum atomic E-state index is 0.277. The fraction of sp³-hybridized carbons (Fsp3) is 0.708. The molecule has 6 heteroatoms. The lowest BCUT2D eigenvalue weighted by Gasteiger charge is -2.41. The van der Waals surface area contributed by atoms with E-state index < -0.39 is 0 Å². The van der Waals surface area contributed by atoms with E-state index in [4.69, 9.17) is 14.2 Å². The maximum atomic E-state index is 12.9. The first-order valence-corrected chi connectivity index (χ1v) is 11.5. The van der Waals surface area contributed by atoms with E-state index in [0.717, 1.165) is 61.9 Å². The summed E-state index contributed by atoms with van der Waals surface area (Å²) >= 11 is 0. The quantitative estimate of drug-likeness (QED) is 0.687. The molecule has 0 radical (unpaired) electrons. The zero-order chi connectivity index (χ0) is 20.7. The topological polar surface area (TPSA) is 51.2 Å². The average molecular weight is 415 g/mol. The van der Waals surface area contributed by atoms with Crippen LogP contribution in [-0.4, -0.2) is 68.4 Å². The molecule has 30 heavy (non-hydrogen) atoms. The van der Waals surface area contributed by atoms with Gasteiger partial charge in [-0.1, -0.05) is 6.07 Å². The Morgan fingerprint density at radius 1 is 1.13 bits per heavy atom. The second kappa shape index (κ2) is 8.39. The van der Waals surface area contributed by atoms with Crippen molar-refractivity contribution in [2.24, 2.45) is 17.8 Å². The lowest BCUT2D eigenvalue weighted by Crippen LogP contribution is -2.48. The van der Waals surface area contributed by atoms with Gasteiger partial charge in [-0.2, -0.15) is 0 Å². The number of hydrogen-bond acceptors (Lipinski definition) is 5. The molecule has 0 unspecified atom stereocenters. The monoisotopic (exact) mass is 414 g/mol. The van der Waals surface area contributed by atoms with Gasteiger partial charge in [0.15, 0.2) is 11.5 Å². The van der Waals surface area contributed by atoms with Crippen molar-refractivity contribution < 1.29 is 19.0 Å². The van der Waals surface area contributed by atoms with Gasteiger partial charge in [-0.15, -0.1) is 0 Å². The largest absolute Gasteiger partial charge is 0.454 e. The van der Waals surface area contributed by atoms with Crippen LogP contribution in [0.3, 0.4) is 0 Å². The summed E-state index contributed by atoms with van der Waals surface area (Å²) in [6, 6.07) is 6.45. The van der Waals surface area contributed by atoms with Gasteiger partial charge in [-0.25, -0.2) is 0 Å². The lowest BCUT2D eigenvalue weighted by molar-refractivity contribution is -0.130. The number of rotatable bonds is 7. The molecule has 4 aliphatic rings. The summed E-state index contributed by atoms with van der Waals surface area (Å²) in [4.78, 5) is 17.4. The zero-order valence-electron chi connectivity index (χ0n) is 18.2. The molecule has 1 aromatic carbocycles. The van der Waals surface area contributed by atoms with Gasteiger partial charge in [0, 0.05) is 32.2 Å². The van der Waals surface area contributed by atoms with Crippen molar-refractivity contribution in [3.05, 3.63) is 23.8 Å². The van der Waals surface area contributed by atoms with Crippen LogP contribution < -0.4 is 9.47 Å². The van der Waals surface area contributed by atoms with Crippen LogP contribution in [0.1, 0.15) is 37.7 Å². The first kappa shape index (κ1) is 20.1. The van der Waals surface area contributed by atoms with Gasteiger partial charge in [0.1, 0.15) is 0 Å². The summed E-state index contributed by atoms with van der Waals surface area (Å²) in [7, 11) is 4.34. The number of ether oxygens (including phenoxy) is 3. The molecule has 4 atom stereocenters. The van der Waals surface area contributed by atoms with Crippen molar-refractivity contribution in [3.8, 4) is 11.5 Å². The Balaban J connectivity index is 1.15. The molecule has 1 saturated heterocycles. The van der Waals surface area contributed by atoms with Gasteiger partial charge in [0.05, 0.1) is 6.10 Å². The van der Waals surface area contributed by atoms with Crippen molar-refractivity contribution >= 4 is 5.91 Å². The fourth-order valence-electron chi connectivity index (χ4n) is 5.37. The third-order valence-electron chi connectivity index (χ3n) is 7.41. The van der Waals surface area contributed by atoms with Crippen LogP contribution in [0, 0.1) is 17.8 Å². The van der Waals surface area contributed by atoms with Gasteiger partial charge < -0.3 is 24.0 Å². The van der Waals surface area contributed by atoms with Gasteiger partial charge >= 0.3 is 0 Å². The number of carbonyl (C=O) groups is 1. The smallest absolute Gasteiger partial charge is 0.231 e. The minimum absolute atomic E-state index is 0.277. The SMILES string of the molecule is CN(C)[C@@H]1C[C@@H]2CN(C(=O)CCc3ccc4c(c3)OCO4)C[C@@H]2C[C@H]1OCC1CC1. The predicted molar refractivity (Wildman–Crippen MR) is 114 cm³/mol. The molecule has 5 rings (SSSR count). The van der Waals surface area contributed by atoms with Crippen molar-refractivity contribution in [2.45, 2.75) is 50.7 Å². The third-order valence-corrected chi connectivity index (χ3v) is 7.41. The summed E-state index contributed by atoms with van der Waals surface area (Å²) in [5.41, 5.74) is 1.13. The van der Waals surface area contributed by atoms with Crippen molar-refractivity contribution in [1.29, 1.82) is 0 Å². The van der Waals surface area contributed by atoms with Crippen LogP contribution in [0.15, 0.2) is 18.2 Å². The standard InChI is InChI=1S/C24H34N2O4/c1-25(2)20-10-18-12-26(13-19(18)11-22(20)28-14-17-3-4-17)24(27)8-6-16-5-7-21-23(9-16)30-15-29-21/h5,7,9,17-20,22H,3-4,6,8,10-15H2,1-2H3/t18-,19+,20-,22-/m1/s1. The molecule has 2 saturated carbocycles. The predicted octanol–water partition coefficient (Wildman–Crippen LogP) is 2.94. The van der Waals surface area contributed by atoms with E-state index in [9.17, 15) is 4.79 Å². The second-order valence-electron chi connectivity index (χ2n) is 9.82. The highest BCUT2D eigenvalue weighted by Gasteiger charge is 2.44. The molecule has 3 fully saturated rings. The Morgan fingerprint density at radius 3 is 2.67 bits per heavy atom. The molecule has 2 aliphatic heterocycles. The van der Waals surface area contributed by atoms with Crippen LogP contribution in [0.5, 0.6) is 11.5 Å². The van der Waals surface area contributed by atoms with Crippen molar-refractivity contribution in [1.82, 2.24) is 9.80 Å². The molecular weight excluding hydrogens is 380 g/mol. The van der Waals surface area contributed by atoms with Crippen molar-refractivity contribution in [2.75, 3.05) is 40.6 Å². The molecule has 0 bridgehead atoms. The number of amides is 1. The Hall–Kier alpha value is -1.79. The van der Waals surface area contributed by atoms with E-state index in [-0.39, 0.29) is 12.7 Å². The molecule has 1 aromatic rings. The summed E-state index contributed by atoms with van der Waals surface area (Å²) in [6.45, 7) is 3.01. The number of benzene rings is 1. The molecule has 0 aromatic heterocycles. The summed E-state index contributed by atoms with van der Waals surface area (Å²) in [6.07, 6.45) is 6.50. The van der Waals surface area contributed by atoms with Crippen LogP contribution in [0.25, 0.3) is 0 Å². The van der Waals surface area contributed by atoms with Gasteiger partial charge in [0.25, 0.3) is 0 Å². The van der Waals surface area contributed by atoms with E-state index in [2.05, 4.69) is 23.9 Å². The number of fused-ring (bicyclic) bond motifs is 2. The Bertz CT molecular complexity index is 778. The average Bonchev–Trinajstić information content (AvgIpc) is 3.29. The van der Waals surface area contributed by atoms with E-state index in [1.165, 1.54) is 12.8 Å². The van der Waals surface area contributed by atoms with Gasteiger partial charge in [0.2, 0.25) is 12.7 Å². The number of aryl methyl sites for hydroxylation is 1. The van der Waals surface area contributed by atoms with E-state index in [1.807, 2.05) is 18.2 Å². The number of carbonyl (C=O) groups excluding carboxylic acids is 1. The normalized spacial score (nSPS) is 30.0. The Morgan fingerprint density at radius 2 is 1.90 bits per heavy atom. The van der Waals surface area contributed by atoms with Gasteiger partial charge in [-0.05, 0) is 81.6 Å². The van der Waals surface area contributed by atoms with Crippen LogP contribution >= 0.6 is 0 Å². The van der Waals surface area contributed by atoms with Gasteiger partial charge in [-0.3, -0.25) is 4.79 Å². The van der Waals surface area contributed by atoms with E-state index >= 15 is 0 Å². The first-order chi connectivity index (χ1) is 14.6. The highest BCUT2D eigenvalue weighted by atomic mass is 16.7. The Kier molecular flexibility index (Phi) is 5.63. The van der Waals surface area contributed by atoms with E-state index in [0.29, 0.717) is 30.4 Å². The number of nitrogens with zero attached hydrogens (tertiary/aromatic N) is 2. The van der Waals surface area contributed by atoms with Crippen LogP contribution in [0.2, 0.25) is 0 Å². The first-order valence-electron chi connectivity index (χ1n) is 11.5. The van der Waals surface area contributed by atoms with Crippen LogP contribution in [0.4, 0.5) is 0 Å². The third kappa shape index (κ3) is 4.30. The molecule has 0 N–H and O–H groups in total. The summed E-state index contributed by atoms with van der Waals surface area (Å²) in [5.74, 6) is 3.84. The zero-order valence-corrected chi connectivity index (χ0v) is 18.2.